The number of fused-ring (bicyclic) bond motifs is 2. The normalized spacial score (nSPS) is 12.1. The molecular weight excluding hydrogens is 390 g/mol. The Morgan fingerprint density at radius 2 is 1.84 bits per heavy atom. The van der Waals surface area contributed by atoms with E-state index in [-0.39, 0.29) is 11.9 Å². The van der Waals surface area contributed by atoms with Gasteiger partial charge in [-0.05, 0) is 62.4 Å². The van der Waals surface area contributed by atoms with Gasteiger partial charge in [-0.1, -0.05) is 18.2 Å². The third kappa shape index (κ3) is 4.23. The summed E-state index contributed by atoms with van der Waals surface area (Å²) >= 11 is 0. The number of benzene rings is 3. The first kappa shape index (κ1) is 20.5. The maximum absolute atomic E-state index is 12.8. The van der Waals surface area contributed by atoms with Crippen LogP contribution in [-0.4, -0.2) is 36.8 Å². The van der Waals surface area contributed by atoms with Crippen molar-refractivity contribution >= 4 is 23.1 Å². The van der Waals surface area contributed by atoms with E-state index in [2.05, 4.69) is 24.1 Å². The third-order valence-corrected chi connectivity index (χ3v) is 5.23. The lowest BCUT2D eigenvalue weighted by atomic mass is 10.1. The van der Waals surface area contributed by atoms with Gasteiger partial charge in [-0.2, -0.15) is 0 Å². The van der Waals surface area contributed by atoms with Crippen LogP contribution >= 0.6 is 0 Å². The summed E-state index contributed by atoms with van der Waals surface area (Å²) in [6.07, 6.45) is 0. The molecule has 3 aromatic rings. The number of para-hydroxylation sites is 2. The van der Waals surface area contributed by atoms with Crippen LogP contribution in [0.5, 0.6) is 17.2 Å². The van der Waals surface area contributed by atoms with E-state index >= 15 is 0 Å². The SMILES string of the molecule is COc1cccc(C(=O)Nc2ccc3c(c2)C(N(C)C(C)C)=Nc2ccccc2O3)c1. The predicted octanol–water partition coefficient (Wildman–Crippen LogP) is 5.47. The summed E-state index contributed by atoms with van der Waals surface area (Å²) in [5, 5.41) is 2.97. The molecule has 6 heteroatoms. The molecule has 1 heterocycles. The Hall–Kier alpha value is -3.80. The van der Waals surface area contributed by atoms with Gasteiger partial charge in [0.05, 0.1) is 12.7 Å². The van der Waals surface area contributed by atoms with E-state index in [1.54, 1.807) is 31.4 Å². The van der Waals surface area contributed by atoms with Gasteiger partial charge >= 0.3 is 0 Å². The van der Waals surface area contributed by atoms with Crippen molar-refractivity contribution in [2.75, 3.05) is 19.5 Å². The molecule has 0 saturated heterocycles. The van der Waals surface area contributed by atoms with Gasteiger partial charge in [0.15, 0.2) is 5.75 Å². The van der Waals surface area contributed by atoms with Crippen LogP contribution in [0.4, 0.5) is 11.4 Å². The van der Waals surface area contributed by atoms with Crippen LogP contribution < -0.4 is 14.8 Å². The van der Waals surface area contributed by atoms with Crippen molar-refractivity contribution in [1.29, 1.82) is 0 Å². The molecule has 0 unspecified atom stereocenters. The first-order chi connectivity index (χ1) is 15.0. The molecule has 158 valence electrons. The minimum Gasteiger partial charge on any atom is -0.497 e. The Labute approximate surface area is 182 Å². The fraction of sp³-hybridized carbons (Fsp3) is 0.200. The Morgan fingerprint density at radius 3 is 2.61 bits per heavy atom. The number of hydrogen-bond acceptors (Lipinski definition) is 5. The fourth-order valence-corrected chi connectivity index (χ4v) is 3.28. The molecule has 0 aromatic heterocycles. The molecule has 1 aliphatic heterocycles. The average Bonchev–Trinajstić information content (AvgIpc) is 2.95. The highest BCUT2D eigenvalue weighted by Crippen LogP contribution is 2.39. The number of rotatable bonds is 4. The quantitative estimate of drug-likeness (QED) is 0.614. The number of amides is 1. The van der Waals surface area contributed by atoms with Crippen molar-refractivity contribution in [3.05, 3.63) is 77.9 Å². The lowest BCUT2D eigenvalue weighted by molar-refractivity contribution is 0.102. The lowest BCUT2D eigenvalue weighted by Crippen LogP contribution is -2.33. The summed E-state index contributed by atoms with van der Waals surface area (Å²) in [6, 6.07) is 20.6. The van der Waals surface area contributed by atoms with Gasteiger partial charge in [-0.15, -0.1) is 0 Å². The predicted molar refractivity (Wildman–Crippen MR) is 123 cm³/mol. The van der Waals surface area contributed by atoms with E-state index in [0.717, 1.165) is 17.1 Å². The van der Waals surface area contributed by atoms with Gasteiger partial charge in [-0.3, -0.25) is 4.79 Å². The number of amidine groups is 1. The molecule has 0 saturated carbocycles. The van der Waals surface area contributed by atoms with Gasteiger partial charge in [0.2, 0.25) is 0 Å². The van der Waals surface area contributed by atoms with Crippen molar-refractivity contribution in [2.45, 2.75) is 19.9 Å². The summed E-state index contributed by atoms with van der Waals surface area (Å²) in [4.78, 5) is 19.8. The van der Waals surface area contributed by atoms with Crippen LogP contribution in [-0.2, 0) is 0 Å². The van der Waals surface area contributed by atoms with Gasteiger partial charge in [0.25, 0.3) is 5.91 Å². The Morgan fingerprint density at radius 1 is 1.03 bits per heavy atom. The van der Waals surface area contributed by atoms with E-state index in [9.17, 15) is 4.79 Å². The molecule has 1 aliphatic rings. The van der Waals surface area contributed by atoms with Crippen LogP contribution in [0.1, 0.15) is 29.8 Å². The summed E-state index contributed by atoms with van der Waals surface area (Å²) in [5.74, 6) is 2.59. The van der Waals surface area contributed by atoms with Crippen LogP contribution in [0.25, 0.3) is 0 Å². The second-order valence-corrected chi connectivity index (χ2v) is 7.61. The number of aliphatic imine (C=N–C) groups is 1. The number of methoxy groups -OCH3 is 1. The van der Waals surface area contributed by atoms with E-state index in [1.807, 2.05) is 49.5 Å². The van der Waals surface area contributed by atoms with Crippen molar-refractivity contribution in [3.8, 4) is 17.2 Å². The van der Waals surface area contributed by atoms with Crippen molar-refractivity contribution in [3.63, 3.8) is 0 Å². The number of carbonyl (C=O) groups is 1. The molecule has 6 nitrogen and oxygen atoms in total. The van der Waals surface area contributed by atoms with E-state index in [4.69, 9.17) is 14.5 Å². The van der Waals surface area contributed by atoms with Crippen LogP contribution in [0.2, 0.25) is 0 Å². The first-order valence-electron chi connectivity index (χ1n) is 10.1. The van der Waals surface area contributed by atoms with Crippen molar-refractivity contribution in [1.82, 2.24) is 4.90 Å². The second kappa shape index (κ2) is 8.52. The zero-order valence-corrected chi connectivity index (χ0v) is 18.0. The van der Waals surface area contributed by atoms with Crippen molar-refractivity contribution < 1.29 is 14.3 Å². The van der Waals surface area contributed by atoms with Crippen molar-refractivity contribution in [2.24, 2.45) is 4.99 Å². The topological polar surface area (TPSA) is 63.2 Å². The maximum atomic E-state index is 12.8. The molecular formula is C25H25N3O3. The smallest absolute Gasteiger partial charge is 0.255 e. The minimum absolute atomic E-state index is 0.215. The molecule has 0 spiro atoms. The number of anilines is 1. The molecule has 1 amide bonds. The number of nitrogens with zero attached hydrogens (tertiary/aromatic N) is 2. The van der Waals surface area contributed by atoms with Gasteiger partial charge in [0.1, 0.15) is 23.0 Å². The highest BCUT2D eigenvalue weighted by molar-refractivity contribution is 6.07. The number of ether oxygens (including phenoxy) is 2. The molecule has 31 heavy (non-hydrogen) atoms. The Balaban J connectivity index is 1.72. The number of hydrogen-bond donors (Lipinski definition) is 1. The molecule has 1 N–H and O–H groups in total. The van der Waals surface area contributed by atoms with Gasteiger partial charge in [-0.25, -0.2) is 4.99 Å². The fourth-order valence-electron chi connectivity index (χ4n) is 3.28. The Bertz CT molecular complexity index is 1150. The molecule has 0 bridgehead atoms. The highest BCUT2D eigenvalue weighted by Gasteiger charge is 2.23. The molecule has 0 atom stereocenters. The lowest BCUT2D eigenvalue weighted by Gasteiger charge is -2.26. The Kier molecular flexibility index (Phi) is 5.62. The van der Waals surface area contributed by atoms with Crippen LogP contribution in [0, 0.1) is 0 Å². The standard InChI is InChI=1S/C25H25N3O3/c1-16(2)28(3)24-20-15-18(26-25(29)17-8-7-9-19(14-17)30-4)12-13-22(20)31-23-11-6-5-10-21(23)27-24/h5-16H,1-4H3,(H,26,29). The summed E-state index contributed by atoms with van der Waals surface area (Å²) < 4.78 is 11.4. The minimum atomic E-state index is -0.215. The summed E-state index contributed by atoms with van der Waals surface area (Å²) in [5.41, 5.74) is 2.76. The monoisotopic (exact) mass is 415 g/mol. The van der Waals surface area contributed by atoms with E-state index in [0.29, 0.717) is 28.5 Å². The highest BCUT2D eigenvalue weighted by atomic mass is 16.5. The molecule has 3 aromatic carbocycles. The third-order valence-electron chi connectivity index (χ3n) is 5.23. The van der Waals surface area contributed by atoms with Crippen LogP contribution in [0.15, 0.2) is 71.7 Å². The number of carbonyl (C=O) groups excluding carboxylic acids is 1. The van der Waals surface area contributed by atoms with Gasteiger partial charge in [0, 0.05) is 24.3 Å². The number of nitrogens with one attached hydrogen (secondary N) is 1. The average molecular weight is 415 g/mol. The molecule has 0 fully saturated rings. The second-order valence-electron chi connectivity index (χ2n) is 7.61. The largest absolute Gasteiger partial charge is 0.497 e. The van der Waals surface area contributed by atoms with E-state index < -0.39 is 0 Å². The van der Waals surface area contributed by atoms with Gasteiger partial charge < -0.3 is 19.7 Å². The maximum Gasteiger partial charge on any atom is 0.255 e. The molecule has 0 aliphatic carbocycles. The summed E-state index contributed by atoms with van der Waals surface area (Å²) in [7, 11) is 3.58. The molecule has 4 rings (SSSR count). The summed E-state index contributed by atoms with van der Waals surface area (Å²) in [6.45, 7) is 4.21. The van der Waals surface area contributed by atoms with Crippen LogP contribution in [0.3, 0.4) is 0 Å². The zero-order chi connectivity index (χ0) is 22.0. The zero-order valence-electron chi connectivity index (χ0n) is 18.0. The van der Waals surface area contributed by atoms with E-state index in [1.165, 1.54) is 0 Å². The first-order valence-corrected chi connectivity index (χ1v) is 10.1. The molecule has 0 radical (unpaired) electrons.